The van der Waals surface area contributed by atoms with Crippen LogP contribution in [0.25, 0.3) is 33.5 Å². The van der Waals surface area contributed by atoms with Gasteiger partial charge in [-0.25, -0.2) is 4.98 Å². The molecule has 4 aromatic rings. The van der Waals surface area contributed by atoms with E-state index < -0.39 is 0 Å². The molecule has 3 aromatic carbocycles. The van der Waals surface area contributed by atoms with Crippen LogP contribution in [0.3, 0.4) is 0 Å². The van der Waals surface area contributed by atoms with E-state index in [9.17, 15) is 0 Å². The molecule has 0 atom stereocenters. The molecule has 0 bridgehead atoms. The fourth-order valence-corrected chi connectivity index (χ4v) is 2.57. The summed E-state index contributed by atoms with van der Waals surface area (Å²) in [6.07, 6.45) is 0. The van der Waals surface area contributed by atoms with Crippen molar-refractivity contribution in [1.29, 1.82) is 0 Å². The molecule has 2 nitrogen and oxygen atoms in total. The van der Waals surface area contributed by atoms with E-state index in [4.69, 9.17) is 0 Å². The topological polar surface area (TPSA) is 28.7 Å². The second-order valence-electron chi connectivity index (χ2n) is 5.05. The molecule has 1 N–H and O–H groups in total. The highest BCUT2D eigenvalue weighted by atomic mass is 14.9. The Morgan fingerprint density at radius 3 is 2.19 bits per heavy atom. The van der Waals surface area contributed by atoms with Crippen molar-refractivity contribution >= 4 is 11.0 Å². The highest BCUT2D eigenvalue weighted by molar-refractivity contribution is 5.80. The maximum absolute atomic E-state index is 4.66. The smallest absolute Gasteiger partial charge is 0.138 e. The van der Waals surface area contributed by atoms with E-state index in [0.29, 0.717) is 0 Å². The summed E-state index contributed by atoms with van der Waals surface area (Å²) in [6, 6.07) is 27.0. The number of nitrogens with zero attached hydrogens (tertiary/aromatic N) is 1. The number of aromatic nitrogens is 2. The lowest BCUT2D eigenvalue weighted by molar-refractivity contribution is 1.34. The van der Waals surface area contributed by atoms with Crippen molar-refractivity contribution in [2.45, 2.75) is 0 Å². The fraction of sp³-hybridized carbons (Fsp3) is 0. The number of para-hydroxylation sites is 2. The van der Waals surface area contributed by atoms with Crippen LogP contribution in [0.4, 0.5) is 0 Å². The van der Waals surface area contributed by atoms with Crippen molar-refractivity contribution in [3.63, 3.8) is 0 Å². The maximum atomic E-state index is 4.66. The molecule has 4 rings (SSSR count). The van der Waals surface area contributed by atoms with Gasteiger partial charge < -0.3 is 4.98 Å². The van der Waals surface area contributed by atoms with Crippen molar-refractivity contribution in [1.82, 2.24) is 9.97 Å². The minimum Gasteiger partial charge on any atom is -0.338 e. The van der Waals surface area contributed by atoms with Crippen LogP contribution in [0.15, 0.2) is 78.9 Å². The monoisotopic (exact) mass is 270 g/mol. The average Bonchev–Trinajstić information content (AvgIpc) is 3.00. The SMILES string of the molecule is c1ccc(-c2cccc(-c3nc4ccccc4[nH]3)c2)cc1. The summed E-state index contributed by atoms with van der Waals surface area (Å²) in [5, 5.41) is 0. The minimum atomic E-state index is 0.911. The summed E-state index contributed by atoms with van der Waals surface area (Å²) in [5.41, 5.74) is 5.59. The predicted molar refractivity (Wildman–Crippen MR) is 87.0 cm³/mol. The third-order valence-corrected chi connectivity index (χ3v) is 3.63. The Labute approximate surface area is 123 Å². The molecular weight excluding hydrogens is 256 g/mol. The molecule has 21 heavy (non-hydrogen) atoms. The van der Waals surface area contributed by atoms with Gasteiger partial charge >= 0.3 is 0 Å². The average molecular weight is 270 g/mol. The Balaban J connectivity index is 1.82. The molecule has 0 aliphatic rings. The molecule has 0 saturated heterocycles. The second kappa shape index (κ2) is 4.91. The highest BCUT2D eigenvalue weighted by Crippen LogP contribution is 2.26. The third-order valence-electron chi connectivity index (χ3n) is 3.63. The van der Waals surface area contributed by atoms with Gasteiger partial charge in [-0.15, -0.1) is 0 Å². The second-order valence-corrected chi connectivity index (χ2v) is 5.05. The Kier molecular flexibility index (Phi) is 2.79. The van der Waals surface area contributed by atoms with Crippen LogP contribution in [0.2, 0.25) is 0 Å². The van der Waals surface area contributed by atoms with Gasteiger partial charge in [0.25, 0.3) is 0 Å². The first-order valence-corrected chi connectivity index (χ1v) is 7.01. The van der Waals surface area contributed by atoms with Gasteiger partial charge in [0.15, 0.2) is 0 Å². The van der Waals surface area contributed by atoms with E-state index in [2.05, 4.69) is 58.5 Å². The van der Waals surface area contributed by atoms with E-state index >= 15 is 0 Å². The lowest BCUT2D eigenvalue weighted by Gasteiger charge is -2.03. The molecule has 100 valence electrons. The van der Waals surface area contributed by atoms with Crippen LogP contribution in [-0.2, 0) is 0 Å². The zero-order valence-electron chi connectivity index (χ0n) is 11.5. The quantitative estimate of drug-likeness (QED) is 0.551. The Bertz CT molecular complexity index is 859. The van der Waals surface area contributed by atoms with Crippen molar-refractivity contribution in [2.24, 2.45) is 0 Å². The number of imidazole rings is 1. The number of aromatic amines is 1. The maximum Gasteiger partial charge on any atom is 0.138 e. The van der Waals surface area contributed by atoms with Crippen LogP contribution in [-0.4, -0.2) is 9.97 Å². The predicted octanol–water partition coefficient (Wildman–Crippen LogP) is 4.90. The molecule has 0 aliphatic carbocycles. The van der Waals surface area contributed by atoms with Crippen LogP contribution in [0.1, 0.15) is 0 Å². The molecule has 0 amide bonds. The Morgan fingerprint density at radius 2 is 1.33 bits per heavy atom. The number of hydrogen-bond acceptors (Lipinski definition) is 1. The molecule has 2 heteroatoms. The van der Waals surface area contributed by atoms with Gasteiger partial charge in [-0.1, -0.05) is 60.7 Å². The van der Waals surface area contributed by atoms with Crippen molar-refractivity contribution in [2.75, 3.05) is 0 Å². The van der Waals surface area contributed by atoms with Gasteiger partial charge in [0.2, 0.25) is 0 Å². The van der Waals surface area contributed by atoms with Gasteiger partial charge in [0.05, 0.1) is 11.0 Å². The lowest BCUT2D eigenvalue weighted by atomic mass is 10.0. The largest absolute Gasteiger partial charge is 0.338 e. The van der Waals surface area contributed by atoms with Gasteiger partial charge in [-0.2, -0.15) is 0 Å². The van der Waals surface area contributed by atoms with E-state index in [1.54, 1.807) is 0 Å². The van der Waals surface area contributed by atoms with Gasteiger partial charge in [0.1, 0.15) is 5.82 Å². The molecule has 0 unspecified atom stereocenters. The molecule has 0 aliphatic heterocycles. The molecular formula is C19H14N2. The summed E-state index contributed by atoms with van der Waals surface area (Å²) in [6.45, 7) is 0. The number of benzene rings is 3. The van der Waals surface area contributed by atoms with Crippen molar-refractivity contribution in [3.8, 4) is 22.5 Å². The van der Waals surface area contributed by atoms with Crippen LogP contribution in [0, 0.1) is 0 Å². The normalized spacial score (nSPS) is 10.9. The standard InChI is InChI=1S/C19H14N2/c1-2-7-14(8-3-1)15-9-6-10-16(13-15)19-20-17-11-4-5-12-18(17)21-19/h1-13H,(H,20,21). The first-order valence-electron chi connectivity index (χ1n) is 7.01. The van der Waals surface area contributed by atoms with Gasteiger partial charge in [0, 0.05) is 5.56 Å². The Hall–Kier alpha value is -2.87. The van der Waals surface area contributed by atoms with E-state index in [-0.39, 0.29) is 0 Å². The van der Waals surface area contributed by atoms with Crippen molar-refractivity contribution in [3.05, 3.63) is 78.9 Å². The van der Waals surface area contributed by atoms with E-state index in [0.717, 1.165) is 22.4 Å². The van der Waals surface area contributed by atoms with Crippen molar-refractivity contribution < 1.29 is 0 Å². The number of hydrogen-bond donors (Lipinski definition) is 1. The summed E-state index contributed by atoms with van der Waals surface area (Å²) in [5.74, 6) is 0.911. The summed E-state index contributed by atoms with van der Waals surface area (Å²) in [4.78, 5) is 8.04. The molecule has 0 spiro atoms. The highest BCUT2D eigenvalue weighted by Gasteiger charge is 2.06. The molecule has 1 heterocycles. The van der Waals surface area contributed by atoms with Crippen LogP contribution < -0.4 is 0 Å². The molecule has 0 radical (unpaired) electrons. The first kappa shape index (κ1) is 11.9. The summed E-state index contributed by atoms with van der Waals surface area (Å²) < 4.78 is 0. The fourth-order valence-electron chi connectivity index (χ4n) is 2.57. The molecule has 0 saturated carbocycles. The molecule has 1 aromatic heterocycles. The number of H-pyrrole nitrogens is 1. The molecule has 0 fully saturated rings. The van der Waals surface area contributed by atoms with E-state index in [1.807, 2.05) is 30.3 Å². The van der Waals surface area contributed by atoms with Crippen LogP contribution >= 0.6 is 0 Å². The number of rotatable bonds is 2. The lowest BCUT2D eigenvalue weighted by Crippen LogP contribution is -1.82. The van der Waals surface area contributed by atoms with Gasteiger partial charge in [-0.3, -0.25) is 0 Å². The number of nitrogens with one attached hydrogen (secondary N) is 1. The zero-order chi connectivity index (χ0) is 14.1. The summed E-state index contributed by atoms with van der Waals surface area (Å²) in [7, 11) is 0. The van der Waals surface area contributed by atoms with Crippen LogP contribution in [0.5, 0.6) is 0 Å². The van der Waals surface area contributed by atoms with Gasteiger partial charge in [-0.05, 0) is 29.3 Å². The third kappa shape index (κ3) is 2.21. The zero-order valence-corrected chi connectivity index (χ0v) is 11.5. The summed E-state index contributed by atoms with van der Waals surface area (Å²) >= 11 is 0. The van der Waals surface area contributed by atoms with E-state index in [1.165, 1.54) is 11.1 Å². The first-order chi connectivity index (χ1) is 10.4. The minimum absolute atomic E-state index is 0.911. The number of fused-ring (bicyclic) bond motifs is 1. The Morgan fingerprint density at radius 1 is 0.619 bits per heavy atom.